The van der Waals surface area contributed by atoms with Crippen LogP contribution in [0.25, 0.3) is 11.0 Å². The Labute approximate surface area is 119 Å². The molecule has 1 aliphatic rings. The fraction of sp³-hybridized carbons (Fsp3) is 0.529. The van der Waals surface area contributed by atoms with Crippen molar-refractivity contribution in [2.45, 2.75) is 57.8 Å². The van der Waals surface area contributed by atoms with E-state index in [0.717, 1.165) is 11.0 Å². The van der Waals surface area contributed by atoms with Crippen molar-refractivity contribution < 1.29 is 14.3 Å². The summed E-state index contributed by atoms with van der Waals surface area (Å²) in [6.45, 7) is 9.88. The summed E-state index contributed by atoms with van der Waals surface area (Å²) < 4.78 is 11.9. The van der Waals surface area contributed by atoms with Gasteiger partial charge in [0.1, 0.15) is 11.3 Å². The van der Waals surface area contributed by atoms with Gasteiger partial charge >= 0.3 is 0 Å². The predicted molar refractivity (Wildman–Crippen MR) is 78.7 cm³/mol. The Morgan fingerprint density at radius 3 is 2.40 bits per heavy atom. The summed E-state index contributed by atoms with van der Waals surface area (Å²) in [4.78, 5) is 0. The fourth-order valence-corrected chi connectivity index (χ4v) is 3.39. The van der Waals surface area contributed by atoms with Gasteiger partial charge in [-0.05, 0) is 52.8 Å². The van der Waals surface area contributed by atoms with Crippen LogP contribution in [0.3, 0.4) is 0 Å². The fourth-order valence-electron chi connectivity index (χ4n) is 3.39. The lowest BCUT2D eigenvalue weighted by Crippen LogP contribution is -2.43. The minimum absolute atomic E-state index is 0.368. The maximum Gasteiger partial charge on any atom is 0.153 e. The third kappa shape index (κ3) is 1.88. The van der Waals surface area contributed by atoms with Crippen LogP contribution in [0.5, 0.6) is 0 Å². The van der Waals surface area contributed by atoms with Crippen molar-refractivity contribution in [3.63, 3.8) is 0 Å². The van der Waals surface area contributed by atoms with E-state index in [4.69, 9.17) is 9.15 Å². The molecule has 1 aliphatic heterocycles. The first kappa shape index (κ1) is 13.7. The van der Waals surface area contributed by atoms with Gasteiger partial charge in [0.25, 0.3) is 0 Å². The third-order valence-electron chi connectivity index (χ3n) is 4.29. The standard InChI is InChI=1S/C17H22O3/c1-11-6-7-13-12(8-11)9-14(19-13)17(18)10-15(2,3)20-16(17,4)5/h6-9,18H,10H2,1-5H3. The lowest BCUT2D eigenvalue weighted by molar-refractivity contribution is -0.136. The molecule has 1 atom stereocenters. The smallest absolute Gasteiger partial charge is 0.153 e. The van der Waals surface area contributed by atoms with Crippen LogP contribution in [0.1, 0.15) is 45.4 Å². The molecule has 0 saturated carbocycles. The first-order chi connectivity index (χ1) is 9.13. The van der Waals surface area contributed by atoms with E-state index >= 15 is 0 Å². The number of aryl methyl sites for hydroxylation is 1. The highest BCUT2D eigenvalue weighted by Gasteiger charge is 2.59. The highest BCUT2D eigenvalue weighted by atomic mass is 16.6. The summed E-state index contributed by atoms with van der Waals surface area (Å²) in [7, 11) is 0. The molecule has 2 heterocycles. The van der Waals surface area contributed by atoms with Crippen LogP contribution in [-0.4, -0.2) is 16.3 Å². The maximum absolute atomic E-state index is 11.2. The number of benzene rings is 1. The Hall–Kier alpha value is -1.32. The highest BCUT2D eigenvalue weighted by molar-refractivity contribution is 5.79. The van der Waals surface area contributed by atoms with Gasteiger partial charge in [0.05, 0.1) is 11.2 Å². The van der Waals surface area contributed by atoms with Gasteiger partial charge in [0.15, 0.2) is 5.60 Å². The molecule has 3 rings (SSSR count). The Morgan fingerprint density at radius 2 is 1.80 bits per heavy atom. The van der Waals surface area contributed by atoms with E-state index in [2.05, 4.69) is 6.07 Å². The molecule has 1 N–H and O–H groups in total. The van der Waals surface area contributed by atoms with Gasteiger partial charge in [0, 0.05) is 11.8 Å². The third-order valence-corrected chi connectivity index (χ3v) is 4.29. The molecule has 1 aromatic carbocycles. The number of hydrogen-bond donors (Lipinski definition) is 1. The number of aliphatic hydroxyl groups is 1. The number of fused-ring (bicyclic) bond motifs is 1. The van der Waals surface area contributed by atoms with E-state index in [0.29, 0.717) is 12.2 Å². The average molecular weight is 274 g/mol. The molecule has 0 aliphatic carbocycles. The van der Waals surface area contributed by atoms with Crippen LogP contribution in [0.4, 0.5) is 0 Å². The lowest BCUT2D eigenvalue weighted by Gasteiger charge is -2.33. The average Bonchev–Trinajstić information content (AvgIpc) is 2.75. The molecule has 1 unspecified atom stereocenters. The minimum atomic E-state index is -1.11. The molecule has 1 aromatic heterocycles. The van der Waals surface area contributed by atoms with Crippen molar-refractivity contribution in [2.24, 2.45) is 0 Å². The highest BCUT2D eigenvalue weighted by Crippen LogP contribution is 2.51. The molecule has 2 aromatic rings. The van der Waals surface area contributed by atoms with E-state index < -0.39 is 11.2 Å². The second-order valence-electron chi connectivity index (χ2n) is 7.06. The Kier molecular flexibility index (Phi) is 2.64. The van der Waals surface area contributed by atoms with Crippen LogP contribution in [0.15, 0.2) is 28.7 Å². The normalized spacial score (nSPS) is 28.1. The summed E-state index contributed by atoms with van der Waals surface area (Å²) >= 11 is 0. The zero-order valence-corrected chi connectivity index (χ0v) is 12.8. The number of ether oxygens (including phenoxy) is 1. The van der Waals surface area contributed by atoms with Crippen molar-refractivity contribution in [3.8, 4) is 0 Å². The predicted octanol–water partition coefficient (Wildman–Crippen LogP) is 3.91. The van der Waals surface area contributed by atoms with Crippen molar-refractivity contribution in [3.05, 3.63) is 35.6 Å². The van der Waals surface area contributed by atoms with Gasteiger partial charge in [-0.15, -0.1) is 0 Å². The molecule has 0 bridgehead atoms. The molecule has 0 amide bonds. The second kappa shape index (κ2) is 3.86. The van der Waals surface area contributed by atoms with E-state index in [1.807, 2.05) is 52.8 Å². The van der Waals surface area contributed by atoms with Gasteiger partial charge < -0.3 is 14.3 Å². The number of rotatable bonds is 1. The SMILES string of the molecule is Cc1ccc2oc(C3(O)CC(C)(C)OC3(C)C)cc2c1. The van der Waals surface area contributed by atoms with Crippen LogP contribution < -0.4 is 0 Å². The number of hydrogen-bond acceptors (Lipinski definition) is 3. The van der Waals surface area contributed by atoms with Crippen LogP contribution >= 0.6 is 0 Å². The Balaban J connectivity index is 2.14. The molecule has 3 heteroatoms. The van der Waals surface area contributed by atoms with E-state index in [1.165, 1.54) is 5.56 Å². The van der Waals surface area contributed by atoms with Gasteiger partial charge in [-0.2, -0.15) is 0 Å². The molecule has 1 fully saturated rings. The summed E-state index contributed by atoms with van der Waals surface area (Å²) in [5.74, 6) is 0.591. The first-order valence-corrected chi connectivity index (χ1v) is 7.06. The summed E-state index contributed by atoms with van der Waals surface area (Å²) in [5, 5.41) is 12.2. The van der Waals surface area contributed by atoms with Crippen LogP contribution in [0, 0.1) is 6.92 Å². The quantitative estimate of drug-likeness (QED) is 0.857. The van der Waals surface area contributed by atoms with Crippen molar-refractivity contribution >= 4 is 11.0 Å². The molecule has 0 radical (unpaired) electrons. The van der Waals surface area contributed by atoms with E-state index in [1.54, 1.807) is 0 Å². The van der Waals surface area contributed by atoms with Crippen molar-refractivity contribution in [1.29, 1.82) is 0 Å². The zero-order chi connectivity index (χ0) is 14.8. The van der Waals surface area contributed by atoms with Crippen molar-refractivity contribution in [2.75, 3.05) is 0 Å². The maximum atomic E-state index is 11.2. The van der Waals surface area contributed by atoms with E-state index in [9.17, 15) is 5.11 Å². The van der Waals surface area contributed by atoms with Crippen LogP contribution in [-0.2, 0) is 10.3 Å². The molecular weight excluding hydrogens is 252 g/mol. The molecule has 0 spiro atoms. The molecule has 3 nitrogen and oxygen atoms in total. The minimum Gasteiger partial charge on any atom is -0.458 e. The van der Waals surface area contributed by atoms with Gasteiger partial charge in [0.2, 0.25) is 0 Å². The zero-order valence-electron chi connectivity index (χ0n) is 12.8. The van der Waals surface area contributed by atoms with Gasteiger partial charge in [-0.1, -0.05) is 11.6 Å². The monoisotopic (exact) mass is 274 g/mol. The number of furan rings is 1. The second-order valence-corrected chi connectivity index (χ2v) is 7.06. The Bertz CT molecular complexity index is 666. The molecule has 1 saturated heterocycles. The first-order valence-electron chi connectivity index (χ1n) is 7.06. The van der Waals surface area contributed by atoms with Crippen LogP contribution in [0.2, 0.25) is 0 Å². The van der Waals surface area contributed by atoms with Gasteiger partial charge in [-0.25, -0.2) is 0 Å². The summed E-state index contributed by atoms with van der Waals surface area (Å²) in [6.07, 6.45) is 0.520. The summed E-state index contributed by atoms with van der Waals surface area (Å²) in [5.41, 5.74) is -0.172. The molecule has 20 heavy (non-hydrogen) atoms. The molecular formula is C17H22O3. The largest absolute Gasteiger partial charge is 0.458 e. The molecule has 108 valence electrons. The van der Waals surface area contributed by atoms with Gasteiger partial charge in [-0.3, -0.25) is 0 Å². The topological polar surface area (TPSA) is 42.6 Å². The summed E-state index contributed by atoms with van der Waals surface area (Å²) in [6, 6.07) is 7.97. The van der Waals surface area contributed by atoms with Crippen molar-refractivity contribution in [1.82, 2.24) is 0 Å². The Morgan fingerprint density at radius 1 is 1.10 bits per heavy atom. The van der Waals surface area contributed by atoms with E-state index in [-0.39, 0.29) is 5.60 Å². The lowest BCUT2D eigenvalue weighted by atomic mass is 9.80.